The molecule has 0 saturated carbocycles. The molecule has 3 nitrogen and oxygen atoms in total. The third-order valence-electron chi connectivity index (χ3n) is 2.99. The Labute approximate surface area is 124 Å². The summed E-state index contributed by atoms with van der Waals surface area (Å²) >= 11 is 0. The number of allylic oxidation sites excluding steroid dienone is 2. The average Bonchev–Trinajstić information content (AvgIpc) is 2.25. The van der Waals surface area contributed by atoms with Crippen LogP contribution in [-0.2, 0) is 4.74 Å². The van der Waals surface area contributed by atoms with Crippen molar-refractivity contribution in [3.8, 4) is 0 Å². The van der Waals surface area contributed by atoms with Gasteiger partial charge in [-0.25, -0.2) is 4.79 Å². The Balaban J connectivity index is 2.46. The number of rotatable bonds is 2. The topological polar surface area (TPSA) is 29.5 Å². The fraction of sp³-hybridized carbons (Fsp3) is 0.688. The second-order valence-electron chi connectivity index (χ2n) is 7.52. The molecule has 20 heavy (non-hydrogen) atoms. The SMILES string of the molecule is CC(C)(C)OC(=O)N1CCC(=C/C=C/[Si](C)(C)C)CC1. The molecule has 0 aromatic rings. The Hall–Kier alpha value is -1.03. The summed E-state index contributed by atoms with van der Waals surface area (Å²) < 4.78 is 5.40. The first-order chi connectivity index (χ1) is 9.07. The van der Waals surface area contributed by atoms with Gasteiger partial charge in [0.2, 0.25) is 0 Å². The average molecular weight is 295 g/mol. The Kier molecular flexibility index (Phi) is 5.63. The third kappa shape index (κ3) is 6.94. The Morgan fingerprint density at radius 3 is 2.20 bits per heavy atom. The molecule has 1 fully saturated rings. The zero-order valence-electron chi connectivity index (χ0n) is 13.8. The lowest BCUT2D eigenvalue weighted by Gasteiger charge is -2.30. The van der Waals surface area contributed by atoms with Crippen LogP contribution in [0.5, 0.6) is 0 Å². The van der Waals surface area contributed by atoms with Gasteiger partial charge in [-0.3, -0.25) is 0 Å². The highest BCUT2D eigenvalue weighted by Gasteiger charge is 2.24. The van der Waals surface area contributed by atoms with Gasteiger partial charge in [0.05, 0.1) is 8.07 Å². The van der Waals surface area contributed by atoms with Crippen LogP contribution in [0.1, 0.15) is 33.6 Å². The maximum Gasteiger partial charge on any atom is 0.410 e. The number of hydrogen-bond donors (Lipinski definition) is 0. The van der Waals surface area contributed by atoms with Crippen molar-refractivity contribution in [2.45, 2.75) is 58.9 Å². The number of likely N-dealkylation sites (tertiary alicyclic amines) is 1. The van der Waals surface area contributed by atoms with Crippen molar-refractivity contribution in [1.82, 2.24) is 4.90 Å². The summed E-state index contributed by atoms with van der Waals surface area (Å²) in [5.41, 5.74) is 3.37. The molecule has 1 aliphatic heterocycles. The number of hydrogen-bond acceptors (Lipinski definition) is 2. The minimum absolute atomic E-state index is 0.186. The highest BCUT2D eigenvalue weighted by atomic mass is 28.3. The number of ether oxygens (including phenoxy) is 1. The molecule has 1 rings (SSSR count). The van der Waals surface area contributed by atoms with E-state index in [9.17, 15) is 4.79 Å². The number of piperidine rings is 1. The lowest BCUT2D eigenvalue weighted by molar-refractivity contribution is 0.0236. The molecule has 1 aliphatic rings. The van der Waals surface area contributed by atoms with Gasteiger partial charge in [0.1, 0.15) is 5.60 Å². The molecule has 0 aliphatic carbocycles. The highest BCUT2D eigenvalue weighted by Crippen LogP contribution is 2.19. The van der Waals surface area contributed by atoms with E-state index in [2.05, 4.69) is 37.5 Å². The Morgan fingerprint density at radius 2 is 1.75 bits per heavy atom. The molecular formula is C16H29NO2Si. The van der Waals surface area contributed by atoms with Crippen LogP contribution in [-0.4, -0.2) is 37.8 Å². The smallest absolute Gasteiger partial charge is 0.410 e. The largest absolute Gasteiger partial charge is 0.444 e. The summed E-state index contributed by atoms with van der Waals surface area (Å²) in [6, 6.07) is 0. The summed E-state index contributed by atoms with van der Waals surface area (Å²) in [6.07, 6.45) is 6.15. The molecule has 114 valence electrons. The monoisotopic (exact) mass is 295 g/mol. The molecule has 1 amide bonds. The fourth-order valence-corrected chi connectivity index (χ4v) is 2.62. The number of carbonyl (C=O) groups excluding carboxylic acids is 1. The van der Waals surface area contributed by atoms with E-state index in [1.54, 1.807) is 0 Å². The van der Waals surface area contributed by atoms with E-state index < -0.39 is 13.7 Å². The van der Waals surface area contributed by atoms with Crippen LogP contribution in [0.3, 0.4) is 0 Å². The normalized spacial score (nSPS) is 17.5. The van der Waals surface area contributed by atoms with E-state index in [1.165, 1.54) is 5.57 Å². The molecule has 1 saturated heterocycles. The maximum absolute atomic E-state index is 11.9. The maximum atomic E-state index is 11.9. The number of carbonyl (C=O) groups is 1. The van der Waals surface area contributed by atoms with E-state index in [0.717, 1.165) is 25.9 Å². The lowest BCUT2D eigenvalue weighted by Crippen LogP contribution is -2.40. The van der Waals surface area contributed by atoms with Crippen molar-refractivity contribution in [3.05, 3.63) is 23.4 Å². The summed E-state index contributed by atoms with van der Waals surface area (Å²) in [5.74, 6) is 0. The molecule has 0 radical (unpaired) electrons. The Bertz CT molecular complexity index is 390. The van der Waals surface area contributed by atoms with Gasteiger partial charge < -0.3 is 9.64 Å². The third-order valence-corrected chi connectivity index (χ3v) is 4.18. The van der Waals surface area contributed by atoms with Crippen LogP contribution in [0.25, 0.3) is 0 Å². The molecule has 0 spiro atoms. The first kappa shape index (κ1) is 17.0. The second-order valence-corrected chi connectivity index (χ2v) is 12.6. The van der Waals surface area contributed by atoms with E-state index in [4.69, 9.17) is 4.74 Å². The van der Waals surface area contributed by atoms with E-state index in [0.29, 0.717) is 0 Å². The van der Waals surface area contributed by atoms with Crippen molar-refractivity contribution in [3.63, 3.8) is 0 Å². The van der Waals surface area contributed by atoms with E-state index in [1.807, 2.05) is 25.7 Å². The van der Waals surface area contributed by atoms with Gasteiger partial charge in [-0.15, -0.1) is 0 Å². The van der Waals surface area contributed by atoms with Gasteiger partial charge in [0, 0.05) is 13.1 Å². The van der Waals surface area contributed by atoms with E-state index in [-0.39, 0.29) is 6.09 Å². The van der Waals surface area contributed by atoms with Crippen LogP contribution in [0.4, 0.5) is 4.79 Å². The Morgan fingerprint density at radius 1 is 1.20 bits per heavy atom. The van der Waals surface area contributed by atoms with Crippen LogP contribution in [0, 0.1) is 0 Å². The first-order valence-corrected chi connectivity index (χ1v) is 11.0. The summed E-state index contributed by atoms with van der Waals surface area (Å²) in [7, 11) is -1.11. The zero-order valence-corrected chi connectivity index (χ0v) is 14.8. The van der Waals surface area contributed by atoms with Crippen molar-refractivity contribution < 1.29 is 9.53 Å². The van der Waals surface area contributed by atoms with Crippen LogP contribution in [0.2, 0.25) is 19.6 Å². The predicted octanol–water partition coefficient (Wildman–Crippen LogP) is 4.38. The first-order valence-electron chi connectivity index (χ1n) is 7.42. The summed E-state index contributed by atoms with van der Waals surface area (Å²) in [5, 5.41) is 0. The number of nitrogens with zero attached hydrogens (tertiary/aromatic N) is 1. The number of amides is 1. The van der Waals surface area contributed by atoms with Gasteiger partial charge in [0.15, 0.2) is 0 Å². The predicted molar refractivity (Wildman–Crippen MR) is 87.6 cm³/mol. The quantitative estimate of drug-likeness (QED) is 0.708. The van der Waals surface area contributed by atoms with Gasteiger partial charge in [-0.2, -0.15) is 0 Å². The molecule has 0 N–H and O–H groups in total. The minimum Gasteiger partial charge on any atom is -0.444 e. The van der Waals surface area contributed by atoms with Crippen molar-refractivity contribution in [1.29, 1.82) is 0 Å². The van der Waals surface area contributed by atoms with Crippen LogP contribution in [0.15, 0.2) is 23.4 Å². The van der Waals surface area contributed by atoms with Gasteiger partial charge in [0.25, 0.3) is 0 Å². The van der Waals surface area contributed by atoms with Gasteiger partial charge >= 0.3 is 6.09 Å². The van der Waals surface area contributed by atoms with Crippen molar-refractivity contribution in [2.75, 3.05) is 13.1 Å². The molecule has 0 aromatic heterocycles. The van der Waals surface area contributed by atoms with Crippen LogP contribution >= 0.6 is 0 Å². The molecule has 0 bridgehead atoms. The lowest BCUT2D eigenvalue weighted by atomic mass is 10.0. The molecule has 0 unspecified atom stereocenters. The van der Waals surface area contributed by atoms with Gasteiger partial charge in [-0.1, -0.05) is 43.1 Å². The summed E-state index contributed by atoms with van der Waals surface area (Å²) in [4.78, 5) is 13.8. The summed E-state index contributed by atoms with van der Waals surface area (Å²) in [6.45, 7) is 14.2. The molecule has 4 heteroatoms. The minimum atomic E-state index is -1.11. The molecular weight excluding hydrogens is 266 g/mol. The fourth-order valence-electron chi connectivity index (χ4n) is 1.94. The molecule has 1 heterocycles. The van der Waals surface area contributed by atoms with E-state index >= 15 is 0 Å². The van der Waals surface area contributed by atoms with Gasteiger partial charge in [-0.05, 0) is 33.6 Å². The highest BCUT2D eigenvalue weighted by molar-refractivity contribution is 6.80. The molecule has 0 atom stereocenters. The van der Waals surface area contributed by atoms with Crippen molar-refractivity contribution >= 4 is 14.2 Å². The zero-order chi connectivity index (χ0) is 15.4. The van der Waals surface area contributed by atoms with Crippen molar-refractivity contribution in [2.24, 2.45) is 0 Å². The second kappa shape index (κ2) is 6.61. The van der Waals surface area contributed by atoms with Crippen LogP contribution < -0.4 is 0 Å². The standard InChI is InChI=1S/C16H29NO2Si/c1-16(2,3)19-15(18)17-11-9-14(10-12-17)8-7-13-20(4,5)6/h7-8,13H,9-12H2,1-6H3/b13-7+. The molecule has 0 aromatic carbocycles.